The number of nitrogens with zero attached hydrogens (tertiary/aromatic N) is 2. The van der Waals surface area contributed by atoms with Crippen LogP contribution in [0.2, 0.25) is 0 Å². The summed E-state index contributed by atoms with van der Waals surface area (Å²) >= 11 is 1.44. The van der Waals surface area contributed by atoms with Crippen molar-refractivity contribution in [2.75, 3.05) is 20.8 Å². The molecule has 0 saturated heterocycles. The molecular formula is C15H21N3O2S. The molecule has 1 N–H and O–H groups in total. The maximum atomic E-state index is 5.40. The summed E-state index contributed by atoms with van der Waals surface area (Å²) in [6.45, 7) is 5.05. The second-order valence-electron chi connectivity index (χ2n) is 4.54. The van der Waals surface area contributed by atoms with Crippen LogP contribution in [0.1, 0.15) is 36.0 Å². The summed E-state index contributed by atoms with van der Waals surface area (Å²) in [5.74, 6) is 1.46. The van der Waals surface area contributed by atoms with Crippen LogP contribution in [-0.2, 0) is 6.42 Å². The first-order chi connectivity index (χ1) is 10.2. The van der Waals surface area contributed by atoms with Crippen LogP contribution in [0.4, 0.5) is 0 Å². The molecule has 0 radical (unpaired) electrons. The minimum atomic E-state index is 0.0738. The van der Waals surface area contributed by atoms with Gasteiger partial charge in [-0.15, -0.1) is 5.10 Å². The molecule has 0 bridgehead atoms. The fraction of sp³-hybridized carbons (Fsp3) is 0.467. The SMILES string of the molecule is CCNC(c1ccc(OC)c(OC)c1)c1snnc1CC. The molecule has 1 heterocycles. The molecule has 0 aliphatic heterocycles. The van der Waals surface area contributed by atoms with Crippen molar-refractivity contribution in [3.05, 3.63) is 34.3 Å². The molecular weight excluding hydrogens is 286 g/mol. The van der Waals surface area contributed by atoms with E-state index in [0.717, 1.165) is 40.6 Å². The molecule has 0 fully saturated rings. The van der Waals surface area contributed by atoms with Gasteiger partial charge in [-0.1, -0.05) is 24.4 Å². The van der Waals surface area contributed by atoms with Crippen LogP contribution in [0.3, 0.4) is 0 Å². The first-order valence-electron chi connectivity index (χ1n) is 7.01. The third-order valence-corrected chi connectivity index (χ3v) is 4.16. The molecule has 5 nitrogen and oxygen atoms in total. The normalized spacial score (nSPS) is 12.2. The van der Waals surface area contributed by atoms with Gasteiger partial charge in [0.05, 0.1) is 30.8 Å². The molecule has 0 aliphatic carbocycles. The Balaban J connectivity index is 2.43. The Hall–Kier alpha value is -1.66. The van der Waals surface area contributed by atoms with Gasteiger partial charge in [-0.05, 0) is 42.2 Å². The third-order valence-electron chi connectivity index (χ3n) is 3.33. The largest absolute Gasteiger partial charge is 0.493 e. The third kappa shape index (κ3) is 3.33. The monoisotopic (exact) mass is 307 g/mol. The lowest BCUT2D eigenvalue weighted by atomic mass is 10.0. The number of hydrogen-bond acceptors (Lipinski definition) is 6. The molecule has 2 aromatic rings. The lowest BCUT2D eigenvalue weighted by Crippen LogP contribution is -2.22. The number of ether oxygens (including phenoxy) is 2. The van der Waals surface area contributed by atoms with Gasteiger partial charge in [-0.25, -0.2) is 0 Å². The summed E-state index contributed by atoms with van der Waals surface area (Å²) < 4.78 is 14.8. The zero-order valence-electron chi connectivity index (χ0n) is 12.8. The van der Waals surface area contributed by atoms with Gasteiger partial charge < -0.3 is 14.8 Å². The molecule has 0 spiro atoms. The van der Waals surface area contributed by atoms with Crippen molar-refractivity contribution in [1.29, 1.82) is 0 Å². The van der Waals surface area contributed by atoms with Gasteiger partial charge >= 0.3 is 0 Å². The quantitative estimate of drug-likeness (QED) is 0.852. The van der Waals surface area contributed by atoms with E-state index in [-0.39, 0.29) is 6.04 Å². The van der Waals surface area contributed by atoms with Crippen LogP contribution >= 0.6 is 11.5 Å². The zero-order valence-corrected chi connectivity index (χ0v) is 13.7. The van der Waals surface area contributed by atoms with E-state index in [4.69, 9.17) is 9.47 Å². The Bertz CT molecular complexity index is 586. The van der Waals surface area contributed by atoms with Crippen LogP contribution in [-0.4, -0.2) is 30.4 Å². The van der Waals surface area contributed by atoms with Crippen molar-refractivity contribution in [2.24, 2.45) is 0 Å². The summed E-state index contributed by atoms with van der Waals surface area (Å²) in [4.78, 5) is 1.16. The van der Waals surface area contributed by atoms with E-state index < -0.39 is 0 Å². The van der Waals surface area contributed by atoms with Crippen LogP contribution in [0.25, 0.3) is 0 Å². The topological polar surface area (TPSA) is 56.3 Å². The number of aryl methyl sites for hydroxylation is 1. The molecule has 21 heavy (non-hydrogen) atoms. The highest BCUT2D eigenvalue weighted by molar-refractivity contribution is 7.05. The standard InChI is InChI=1S/C15H21N3O2S/c1-5-11-15(21-18-17-11)14(16-6-2)10-7-8-12(19-3)13(9-10)20-4/h7-9,14,16H,5-6H2,1-4H3. The molecule has 0 amide bonds. The van der Waals surface area contributed by atoms with E-state index in [9.17, 15) is 0 Å². The van der Waals surface area contributed by atoms with Crippen LogP contribution in [0.15, 0.2) is 18.2 Å². The zero-order chi connectivity index (χ0) is 15.2. The predicted octanol–water partition coefficient (Wildman–Crippen LogP) is 2.82. The molecule has 6 heteroatoms. The Kier molecular flexibility index (Phi) is 5.52. The van der Waals surface area contributed by atoms with E-state index in [1.54, 1.807) is 14.2 Å². The molecule has 1 unspecified atom stereocenters. The second-order valence-corrected chi connectivity index (χ2v) is 5.33. The number of hydrogen-bond donors (Lipinski definition) is 1. The minimum absolute atomic E-state index is 0.0738. The van der Waals surface area contributed by atoms with E-state index in [1.165, 1.54) is 11.5 Å². The van der Waals surface area contributed by atoms with Crippen molar-refractivity contribution in [1.82, 2.24) is 14.9 Å². The van der Waals surface area contributed by atoms with Gasteiger partial charge in [0.25, 0.3) is 0 Å². The second kappa shape index (κ2) is 7.38. The highest BCUT2D eigenvalue weighted by atomic mass is 32.1. The lowest BCUT2D eigenvalue weighted by Gasteiger charge is -2.19. The van der Waals surface area contributed by atoms with Crippen LogP contribution < -0.4 is 14.8 Å². The molecule has 1 atom stereocenters. The fourth-order valence-electron chi connectivity index (χ4n) is 2.28. The molecule has 0 saturated carbocycles. The van der Waals surface area contributed by atoms with Gasteiger partial charge in [0.1, 0.15) is 0 Å². The summed E-state index contributed by atoms with van der Waals surface area (Å²) in [7, 11) is 3.29. The molecule has 2 rings (SSSR count). The van der Waals surface area contributed by atoms with Crippen LogP contribution in [0.5, 0.6) is 11.5 Å². The number of aromatic nitrogens is 2. The summed E-state index contributed by atoms with van der Waals surface area (Å²) in [5, 5.41) is 7.71. The maximum absolute atomic E-state index is 5.40. The summed E-state index contributed by atoms with van der Waals surface area (Å²) in [6.07, 6.45) is 0.876. The summed E-state index contributed by atoms with van der Waals surface area (Å²) in [5.41, 5.74) is 2.16. The highest BCUT2D eigenvalue weighted by Crippen LogP contribution is 2.34. The molecule has 1 aromatic heterocycles. The highest BCUT2D eigenvalue weighted by Gasteiger charge is 2.21. The van der Waals surface area contributed by atoms with E-state index >= 15 is 0 Å². The van der Waals surface area contributed by atoms with Gasteiger partial charge in [-0.2, -0.15) is 0 Å². The maximum Gasteiger partial charge on any atom is 0.161 e. The number of nitrogens with one attached hydrogen (secondary N) is 1. The average molecular weight is 307 g/mol. The molecule has 114 valence electrons. The number of benzene rings is 1. The number of methoxy groups -OCH3 is 2. The molecule has 1 aromatic carbocycles. The smallest absolute Gasteiger partial charge is 0.161 e. The van der Waals surface area contributed by atoms with Gasteiger partial charge in [0, 0.05) is 0 Å². The lowest BCUT2D eigenvalue weighted by molar-refractivity contribution is 0.354. The minimum Gasteiger partial charge on any atom is -0.493 e. The summed E-state index contributed by atoms with van der Waals surface area (Å²) in [6, 6.07) is 6.06. The first kappa shape index (κ1) is 15.7. The Morgan fingerprint density at radius 3 is 2.57 bits per heavy atom. The van der Waals surface area contributed by atoms with E-state index in [1.807, 2.05) is 18.2 Å². The van der Waals surface area contributed by atoms with Crippen molar-refractivity contribution in [3.63, 3.8) is 0 Å². The Morgan fingerprint density at radius 1 is 1.19 bits per heavy atom. The van der Waals surface area contributed by atoms with Gasteiger partial charge in [0.15, 0.2) is 11.5 Å². The van der Waals surface area contributed by atoms with Crippen molar-refractivity contribution < 1.29 is 9.47 Å². The number of rotatable bonds is 7. The molecule has 0 aliphatic rings. The van der Waals surface area contributed by atoms with E-state index in [2.05, 4.69) is 28.8 Å². The first-order valence-corrected chi connectivity index (χ1v) is 7.78. The van der Waals surface area contributed by atoms with Crippen molar-refractivity contribution in [2.45, 2.75) is 26.3 Å². The van der Waals surface area contributed by atoms with Gasteiger partial charge in [0.2, 0.25) is 0 Å². The average Bonchev–Trinajstić information content (AvgIpc) is 3.00. The predicted molar refractivity (Wildman–Crippen MR) is 84.4 cm³/mol. The Labute approximate surface area is 129 Å². The van der Waals surface area contributed by atoms with Crippen molar-refractivity contribution in [3.8, 4) is 11.5 Å². The van der Waals surface area contributed by atoms with Crippen molar-refractivity contribution >= 4 is 11.5 Å². The van der Waals surface area contributed by atoms with Crippen LogP contribution in [0, 0.1) is 0 Å². The van der Waals surface area contributed by atoms with Gasteiger partial charge in [-0.3, -0.25) is 0 Å². The Morgan fingerprint density at radius 2 is 1.95 bits per heavy atom. The van der Waals surface area contributed by atoms with E-state index in [0.29, 0.717) is 0 Å². The fourth-order valence-corrected chi connectivity index (χ4v) is 3.12.